The minimum absolute atomic E-state index is 0.132. The number of carbonyl (C=O) groups excluding carboxylic acids is 1. The largest absolute Gasteiger partial charge is 0.355 e. The van der Waals surface area contributed by atoms with E-state index in [1.807, 2.05) is 25.4 Å². The monoisotopic (exact) mass is 348 g/mol. The molecule has 0 saturated heterocycles. The number of aryl methyl sites for hydroxylation is 1. The summed E-state index contributed by atoms with van der Waals surface area (Å²) in [6.07, 6.45) is 6.95. The lowest BCUT2D eigenvalue weighted by Gasteiger charge is -2.06. The number of anilines is 2. The third-order valence-corrected chi connectivity index (χ3v) is 3.87. The molecule has 130 valence electrons. The third-order valence-electron chi connectivity index (χ3n) is 3.87. The lowest BCUT2D eigenvalue weighted by Crippen LogP contribution is -2.17. The van der Waals surface area contributed by atoms with Crippen LogP contribution in [0.2, 0.25) is 0 Å². The Labute approximate surface area is 148 Å². The summed E-state index contributed by atoms with van der Waals surface area (Å²) in [5.74, 6) is 0.321. The van der Waals surface area contributed by atoms with Crippen molar-refractivity contribution in [3.8, 4) is 5.69 Å². The molecule has 1 aromatic carbocycles. The Morgan fingerprint density at radius 3 is 2.58 bits per heavy atom. The number of aromatic nitrogens is 6. The number of hydrogen-bond acceptors (Lipinski definition) is 6. The van der Waals surface area contributed by atoms with Gasteiger partial charge in [-0.15, -0.1) is 0 Å². The van der Waals surface area contributed by atoms with Gasteiger partial charge in [0.05, 0.1) is 29.2 Å². The van der Waals surface area contributed by atoms with E-state index >= 15 is 0 Å². The molecule has 0 aliphatic heterocycles. The van der Waals surface area contributed by atoms with Crippen molar-refractivity contribution in [3.05, 3.63) is 54.6 Å². The first-order valence-corrected chi connectivity index (χ1v) is 7.93. The standard InChI is InChI=1S/C17H16N8O/c1-18-16(26)11-3-5-14(6-4-11)25-15-12(8-21-25)7-19-17(23-15)22-13-9-20-24(2)10-13/h3-10H,1-2H3,(H,18,26)(H,19,22,23). The Bertz CT molecular complexity index is 1080. The van der Waals surface area contributed by atoms with Crippen LogP contribution in [0.5, 0.6) is 0 Å². The summed E-state index contributed by atoms with van der Waals surface area (Å²) < 4.78 is 3.40. The number of hydrogen-bond donors (Lipinski definition) is 2. The first kappa shape index (κ1) is 15.8. The van der Waals surface area contributed by atoms with Crippen molar-refractivity contribution in [1.29, 1.82) is 0 Å². The number of carbonyl (C=O) groups is 1. The molecule has 0 bridgehead atoms. The SMILES string of the molecule is CNC(=O)c1ccc(-n2ncc3cnc(Nc4cnn(C)c4)nc32)cc1. The molecular weight excluding hydrogens is 332 g/mol. The second-order valence-corrected chi connectivity index (χ2v) is 5.68. The van der Waals surface area contributed by atoms with E-state index in [2.05, 4.69) is 30.8 Å². The summed E-state index contributed by atoms with van der Waals surface area (Å²) in [6, 6.07) is 7.15. The normalized spacial score (nSPS) is 10.8. The van der Waals surface area contributed by atoms with Crippen molar-refractivity contribution < 1.29 is 4.79 Å². The highest BCUT2D eigenvalue weighted by molar-refractivity contribution is 5.94. The lowest BCUT2D eigenvalue weighted by molar-refractivity contribution is 0.0963. The van der Waals surface area contributed by atoms with Crippen LogP contribution < -0.4 is 10.6 Å². The molecule has 0 radical (unpaired) electrons. The zero-order chi connectivity index (χ0) is 18.1. The number of amides is 1. The fraction of sp³-hybridized carbons (Fsp3) is 0.118. The Kier molecular flexibility index (Phi) is 3.81. The molecule has 26 heavy (non-hydrogen) atoms. The molecule has 0 aliphatic rings. The van der Waals surface area contributed by atoms with Gasteiger partial charge in [0, 0.05) is 32.1 Å². The van der Waals surface area contributed by atoms with Gasteiger partial charge in [-0.25, -0.2) is 9.67 Å². The number of nitrogens with one attached hydrogen (secondary N) is 2. The Morgan fingerprint density at radius 2 is 1.88 bits per heavy atom. The summed E-state index contributed by atoms with van der Waals surface area (Å²) in [4.78, 5) is 20.5. The average Bonchev–Trinajstić information content (AvgIpc) is 3.27. The highest BCUT2D eigenvalue weighted by Gasteiger charge is 2.10. The van der Waals surface area contributed by atoms with Gasteiger partial charge in [0.2, 0.25) is 5.95 Å². The summed E-state index contributed by atoms with van der Waals surface area (Å²) in [7, 11) is 3.44. The molecule has 4 aromatic rings. The van der Waals surface area contributed by atoms with Crippen molar-refractivity contribution in [1.82, 2.24) is 34.8 Å². The van der Waals surface area contributed by atoms with E-state index in [9.17, 15) is 4.79 Å². The molecule has 0 fully saturated rings. The smallest absolute Gasteiger partial charge is 0.251 e. The van der Waals surface area contributed by atoms with Crippen LogP contribution in [0.3, 0.4) is 0 Å². The van der Waals surface area contributed by atoms with Gasteiger partial charge in [0.25, 0.3) is 5.91 Å². The molecular formula is C17H16N8O. The van der Waals surface area contributed by atoms with E-state index in [0.29, 0.717) is 17.2 Å². The molecule has 2 N–H and O–H groups in total. The molecule has 0 aliphatic carbocycles. The van der Waals surface area contributed by atoms with Crippen LogP contribution in [0.4, 0.5) is 11.6 Å². The Hall–Kier alpha value is -3.75. The molecule has 3 heterocycles. The Balaban J connectivity index is 1.69. The molecule has 1 amide bonds. The van der Waals surface area contributed by atoms with Crippen LogP contribution in [0.1, 0.15) is 10.4 Å². The van der Waals surface area contributed by atoms with Crippen LogP contribution in [0.15, 0.2) is 49.1 Å². The van der Waals surface area contributed by atoms with Crippen LogP contribution >= 0.6 is 0 Å². The molecule has 3 aromatic heterocycles. The fourth-order valence-corrected chi connectivity index (χ4v) is 2.58. The van der Waals surface area contributed by atoms with Crippen LogP contribution in [0.25, 0.3) is 16.7 Å². The maximum atomic E-state index is 11.7. The summed E-state index contributed by atoms with van der Waals surface area (Å²) in [5, 5.41) is 15.0. The van der Waals surface area contributed by atoms with E-state index in [1.165, 1.54) is 0 Å². The van der Waals surface area contributed by atoms with Gasteiger partial charge in [-0.2, -0.15) is 15.2 Å². The lowest BCUT2D eigenvalue weighted by atomic mass is 10.2. The minimum atomic E-state index is -0.132. The van der Waals surface area contributed by atoms with Gasteiger partial charge in [-0.1, -0.05) is 0 Å². The number of fused-ring (bicyclic) bond motifs is 1. The summed E-state index contributed by atoms with van der Waals surface area (Å²) in [6.45, 7) is 0. The van der Waals surface area contributed by atoms with Crippen molar-refractivity contribution in [3.63, 3.8) is 0 Å². The van der Waals surface area contributed by atoms with Crippen molar-refractivity contribution in [2.75, 3.05) is 12.4 Å². The summed E-state index contributed by atoms with van der Waals surface area (Å²) >= 11 is 0. The van der Waals surface area contributed by atoms with Crippen molar-refractivity contribution >= 4 is 28.6 Å². The zero-order valence-electron chi connectivity index (χ0n) is 14.2. The van der Waals surface area contributed by atoms with Gasteiger partial charge >= 0.3 is 0 Å². The van der Waals surface area contributed by atoms with E-state index in [4.69, 9.17) is 0 Å². The highest BCUT2D eigenvalue weighted by atomic mass is 16.1. The second-order valence-electron chi connectivity index (χ2n) is 5.68. The zero-order valence-corrected chi connectivity index (χ0v) is 14.2. The van der Waals surface area contributed by atoms with Gasteiger partial charge in [-0.3, -0.25) is 9.48 Å². The molecule has 0 unspecified atom stereocenters. The van der Waals surface area contributed by atoms with Gasteiger partial charge in [0.1, 0.15) is 0 Å². The molecule has 4 rings (SSSR count). The van der Waals surface area contributed by atoms with Crippen LogP contribution in [-0.4, -0.2) is 42.5 Å². The predicted octanol–water partition coefficient (Wildman–Crippen LogP) is 1.65. The predicted molar refractivity (Wildman–Crippen MR) is 96.5 cm³/mol. The van der Waals surface area contributed by atoms with Crippen molar-refractivity contribution in [2.45, 2.75) is 0 Å². The molecule has 9 nitrogen and oxygen atoms in total. The quantitative estimate of drug-likeness (QED) is 0.581. The van der Waals surface area contributed by atoms with Crippen LogP contribution in [-0.2, 0) is 7.05 Å². The third kappa shape index (κ3) is 2.86. The topological polar surface area (TPSA) is 103 Å². The minimum Gasteiger partial charge on any atom is -0.355 e. The Morgan fingerprint density at radius 1 is 1.08 bits per heavy atom. The van der Waals surface area contributed by atoms with E-state index in [0.717, 1.165) is 16.8 Å². The van der Waals surface area contributed by atoms with Crippen LogP contribution in [0, 0.1) is 0 Å². The number of benzene rings is 1. The molecule has 0 saturated carbocycles. The summed E-state index contributed by atoms with van der Waals surface area (Å²) in [5.41, 5.74) is 2.85. The second kappa shape index (κ2) is 6.28. The highest BCUT2D eigenvalue weighted by Crippen LogP contribution is 2.19. The number of nitrogens with zero attached hydrogens (tertiary/aromatic N) is 6. The molecule has 0 atom stereocenters. The first-order chi connectivity index (χ1) is 12.6. The average molecular weight is 348 g/mol. The van der Waals surface area contributed by atoms with E-state index in [-0.39, 0.29) is 5.91 Å². The van der Waals surface area contributed by atoms with E-state index in [1.54, 1.807) is 47.1 Å². The van der Waals surface area contributed by atoms with Gasteiger partial charge < -0.3 is 10.6 Å². The first-order valence-electron chi connectivity index (χ1n) is 7.93. The van der Waals surface area contributed by atoms with Gasteiger partial charge in [0.15, 0.2) is 5.65 Å². The molecule has 9 heteroatoms. The maximum absolute atomic E-state index is 11.7. The van der Waals surface area contributed by atoms with E-state index < -0.39 is 0 Å². The molecule has 0 spiro atoms. The van der Waals surface area contributed by atoms with Gasteiger partial charge in [-0.05, 0) is 24.3 Å². The van der Waals surface area contributed by atoms with Crippen molar-refractivity contribution in [2.24, 2.45) is 7.05 Å². The fourth-order valence-electron chi connectivity index (χ4n) is 2.58. The maximum Gasteiger partial charge on any atom is 0.251 e. The number of rotatable bonds is 4.